The summed E-state index contributed by atoms with van der Waals surface area (Å²) in [5.41, 5.74) is 0.607. The van der Waals surface area contributed by atoms with Crippen LogP contribution in [0.15, 0.2) is 52.9 Å². The second-order valence-corrected chi connectivity index (χ2v) is 5.94. The van der Waals surface area contributed by atoms with Crippen LogP contribution in [0.4, 0.5) is 4.39 Å². The molecule has 0 radical (unpaired) electrons. The predicted octanol–water partition coefficient (Wildman–Crippen LogP) is 3.32. The first-order valence-corrected chi connectivity index (χ1v) is 7.20. The molecule has 0 bridgehead atoms. The first-order valence-electron chi connectivity index (χ1n) is 5.28. The van der Waals surface area contributed by atoms with Crippen molar-refractivity contribution < 1.29 is 12.8 Å². The lowest BCUT2D eigenvalue weighted by Crippen LogP contribution is -1.96. The van der Waals surface area contributed by atoms with E-state index in [9.17, 15) is 12.8 Å². The highest BCUT2D eigenvalue weighted by Crippen LogP contribution is 2.15. The maximum Gasteiger partial charge on any atom is 0.199 e. The zero-order valence-electron chi connectivity index (χ0n) is 9.62. The molecule has 98 valence electrons. The Morgan fingerprint density at radius 3 is 2.37 bits per heavy atom. The Labute approximate surface area is 115 Å². The Morgan fingerprint density at radius 2 is 1.79 bits per heavy atom. The van der Waals surface area contributed by atoms with E-state index in [2.05, 4.69) is 4.98 Å². The summed E-state index contributed by atoms with van der Waals surface area (Å²) in [7, 11) is -3.59. The Hall–Kier alpha value is -1.72. The van der Waals surface area contributed by atoms with E-state index in [1.807, 2.05) is 0 Å². The quantitative estimate of drug-likeness (QED) is 0.645. The van der Waals surface area contributed by atoms with Crippen LogP contribution in [0.5, 0.6) is 0 Å². The molecule has 0 saturated carbocycles. The van der Waals surface area contributed by atoms with E-state index < -0.39 is 15.7 Å². The minimum absolute atomic E-state index is 0.0343. The normalized spacial score (nSPS) is 11.9. The highest BCUT2D eigenvalue weighted by atomic mass is 35.5. The molecule has 0 N–H and O–H groups in total. The number of nitrogens with zero attached hydrogens (tertiary/aromatic N) is 1. The summed E-state index contributed by atoms with van der Waals surface area (Å²) in [6.07, 6.45) is 2.86. The van der Waals surface area contributed by atoms with E-state index in [1.165, 1.54) is 24.4 Å². The summed E-state index contributed by atoms with van der Waals surface area (Å²) < 4.78 is 36.6. The number of pyridine rings is 1. The number of benzene rings is 1. The molecule has 0 saturated heterocycles. The van der Waals surface area contributed by atoms with Gasteiger partial charge >= 0.3 is 0 Å². The fourth-order valence-electron chi connectivity index (χ4n) is 1.36. The molecule has 1 heterocycles. The Balaban J connectivity index is 2.26. The number of sulfone groups is 1. The highest BCUT2D eigenvalue weighted by Gasteiger charge is 2.09. The molecule has 0 atom stereocenters. The van der Waals surface area contributed by atoms with E-state index in [0.717, 1.165) is 17.5 Å². The van der Waals surface area contributed by atoms with Gasteiger partial charge in [-0.15, -0.1) is 0 Å². The first kappa shape index (κ1) is 13.7. The third kappa shape index (κ3) is 3.62. The molecule has 1 aromatic carbocycles. The molecule has 0 aliphatic heterocycles. The van der Waals surface area contributed by atoms with E-state index in [-0.39, 0.29) is 4.90 Å². The van der Waals surface area contributed by atoms with Crippen molar-refractivity contribution in [3.63, 3.8) is 0 Å². The average Bonchev–Trinajstić information content (AvgIpc) is 2.39. The van der Waals surface area contributed by atoms with Crippen molar-refractivity contribution in [3.8, 4) is 0 Å². The molecule has 2 rings (SSSR count). The third-order valence-corrected chi connectivity index (χ3v) is 3.98. The summed E-state index contributed by atoms with van der Waals surface area (Å²) >= 11 is 5.62. The first-order chi connectivity index (χ1) is 8.97. The Kier molecular flexibility index (Phi) is 3.97. The summed E-state index contributed by atoms with van der Waals surface area (Å²) in [4.78, 5) is 3.87. The molecule has 0 fully saturated rings. The van der Waals surface area contributed by atoms with Gasteiger partial charge in [0.2, 0.25) is 0 Å². The molecule has 0 aliphatic carbocycles. The van der Waals surface area contributed by atoms with Crippen molar-refractivity contribution in [3.05, 3.63) is 64.5 Å². The Bertz CT molecular complexity index is 694. The predicted molar refractivity (Wildman–Crippen MR) is 71.9 cm³/mol. The van der Waals surface area contributed by atoms with Crippen LogP contribution in [0.25, 0.3) is 6.08 Å². The molecule has 0 spiro atoms. The van der Waals surface area contributed by atoms with Crippen LogP contribution in [-0.4, -0.2) is 13.4 Å². The molecule has 0 aliphatic rings. The van der Waals surface area contributed by atoms with Gasteiger partial charge in [0.25, 0.3) is 0 Å². The van der Waals surface area contributed by atoms with Gasteiger partial charge in [-0.2, -0.15) is 0 Å². The van der Waals surface area contributed by atoms with Crippen LogP contribution in [0, 0.1) is 5.82 Å². The van der Waals surface area contributed by atoms with Gasteiger partial charge < -0.3 is 0 Å². The third-order valence-electron chi connectivity index (χ3n) is 2.33. The van der Waals surface area contributed by atoms with Crippen LogP contribution >= 0.6 is 11.6 Å². The fourth-order valence-corrected chi connectivity index (χ4v) is 2.48. The van der Waals surface area contributed by atoms with Crippen molar-refractivity contribution in [1.82, 2.24) is 4.98 Å². The van der Waals surface area contributed by atoms with Crippen molar-refractivity contribution in [2.45, 2.75) is 4.90 Å². The molecule has 1 aromatic heterocycles. The summed E-state index contributed by atoms with van der Waals surface area (Å²) in [5.74, 6) is -0.482. The lowest BCUT2D eigenvalue weighted by Gasteiger charge is -1.98. The second-order valence-electron chi connectivity index (χ2n) is 3.72. The molecular weight excluding hydrogens is 289 g/mol. The van der Waals surface area contributed by atoms with Gasteiger partial charge in [0.1, 0.15) is 11.0 Å². The fraction of sp³-hybridized carbons (Fsp3) is 0. The van der Waals surface area contributed by atoms with Crippen LogP contribution in [-0.2, 0) is 9.84 Å². The molecule has 0 amide bonds. The summed E-state index contributed by atoms with van der Waals surface area (Å²) in [6, 6.07) is 7.84. The monoisotopic (exact) mass is 297 g/mol. The lowest BCUT2D eigenvalue weighted by atomic mass is 10.3. The zero-order chi connectivity index (χ0) is 13.9. The van der Waals surface area contributed by atoms with Crippen LogP contribution in [0.1, 0.15) is 5.56 Å². The average molecular weight is 298 g/mol. The van der Waals surface area contributed by atoms with Crippen molar-refractivity contribution in [1.29, 1.82) is 0 Å². The van der Waals surface area contributed by atoms with Crippen molar-refractivity contribution in [2.75, 3.05) is 0 Å². The largest absolute Gasteiger partial charge is 0.244 e. The van der Waals surface area contributed by atoms with E-state index in [1.54, 1.807) is 12.1 Å². The van der Waals surface area contributed by atoms with E-state index >= 15 is 0 Å². The minimum Gasteiger partial charge on any atom is -0.244 e. The lowest BCUT2D eigenvalue weighted by molar-refractivity contribution is 0.603. The van der Waals surface area contributed by atoms with Crippen molar-refractivity contribution in [2.24, 2.45) is 0 Å². The number of hydrogen-bond donors (Lipinski definition) is 0. The molecule has 3 nitrogen and oxygen atoms in total. The summed E-state index contributed by atoms with van der Waals surface area (Å²) in [5, 5.41) is 1.38. The number of rotatable bonds is 3. The van der Waals surface area contributed by atoms with Gasteiger partial charge in [0.05, 0.1) is 4.90 Å². The van der Waals surface area contributed by atoms with Gasteiger partial charge in [-0.25, -0.2) is 17.8 Å². The molecule has 19 heavy (non-hydrogen) atoms. The van der Waals surface area contributed by atoms with Gasteiger partial charge in [-0.1, -0.05) is 17.7 Å². The minimum atomic E-state index is -3.59. The van der Waals surface area contributed by atoms with Crippen molar-refractivity contribution >= 4 is 27.5 Å². The molecule has 6 heteroatoms. The maximum absolute atomic E-state index is 12.7. The number of halogens is 2. The SMILES string of the molecule is O=S(=O)(/C=C/c1ccc(Cl)nc1)c1ccc(F)cc1. The zero-order valence-corrected chi connectivity index (χ0v) is 11.2. The Morgan fingerprint density at radius 1 is 1.11 bits per heavy atom. The van der Waals surface area contributed by atoms with E-state index in [4.69, 9.17) is 11.6 Å². The standard InChI is InChI=1S/C13H9ClFNO2S/c14-13-6-1-10(9-16-13)7-8-19(17,18)12-4-2-11(15)3-5-12/h1-9H/b8-7+. The van der Waals surface area contributed by atoms with Gasteiger partial charge in [-0.05, 0) is 42.0 Å². The molecule has 0 unspecified atom stereocenters. The van der Waals surface area contributed by atoms with Gasteiger partial charge in [0, 0.05) is 11.6 Å². The molecule has 2 aromatic rings. The van der Waals surface area contributed by atoms with Crippen LogP contribution in [0.2, 0.25) is 5.15 Å². The molecular formula is C13H9ClFNO2S. The second kappa shape index (κ2) is 5.50. The summed E-state index contributed by atoms with van der Waals surface area (Å²) in [6.45, 7) is 0. The maximum atomic E-state index is 12.7. The van der Waals surface area contributed by atoms with Gasteiger partial charge in [0.15, 0.2) is 9.84 Å². The highest BCUT2D eigenvalue weighted by molar-refractivity contribution is 7.94. The van der Waals surface area contributed by atoms with Gasteiger partial charge in [-0.3, -0.25) is 0 Å². The van der Waals surface area contributed by atoms with Crippen LogP contribution in [0.3, 0.4) is 0 Å². The number of hydrogen-bond acceptors (Lipinski definition) is 3. The van der Waals surface area contributed by atoms with E-state index in [0.29, 0.717) is 10.7 Å². The number of aromatic nitrogens is 1. The van der Waals surface area contributed by atoms with Crippen LogP contribution < -0.4 is 0 Å². The topological polar surface area (TPSA) is 47.0 Å². The smallest absolute Gasteiger partial charge is 0.199 e.